The van der Waals surface area contributed by atoms with Gasteiger partial charge in [0.05, 0.1) is 18.8 Å². The Labute approximate surface area is 139 Å². The number of ether oxygens (including phenoxy) is 3. The molecule has 1 amide bonds. The molecule has 0 saturated heterocycles. The van der Waals surface area contributed by atoms with E-state index in [1.807, 2.05) is 0 Å². The van der Waals surface area contributed by atoms with Crippen LogP contribution in [0.4, 0.5) is 0 Å². The van der Waals surface area contributed by atoms with Crippen molar-refractivity contribution in [3.8, 4) is 0 Å². The number of hydrogen-bond acceptors (Lipinski definition) is 8. The van der Waals surface area contributed by atoms with E-state index in [-0.39, 0.29) is 13.0 Å². The highest BCUT2D eigenvalue weighted by Crippen LogP contribution is 2.31. The first-order valence-electron chi connectivity index (χ1n) is 7.54. The van der Waals surface area contributed by atoms with E-state index in [2.05, 4.69) is 5.32 Å². The number of nitrogens with one attached hydrogen (secondary N) is 1. The highest BCUT2D eigenvalue weighted by atomic mass is 16.6. The summed E-state index contributed by atoms with van der Waals surface area (Å²) in [4.78, 5) is 45.2. The average molecular weight is 345 g/mol. The Balaban J connectivity index is 3.11. The number of amides is 1. The Morgan fingerprint density at radius 1 is 0.958 bits per heavy atom. The van der Waals surface area contributed by atoms with Crippen molar-refractivity contribution in [1.29, 1.82) is 0 Å². The van der Waals surface area contributed by atoms with Gasteiger partial charge in [-0.25, -0.2) is 0 Å². The van der Waals surface area contributed by atoms with Gasteiger partial charge in [0.15, 0.2) is 6.10 Å². The van der Waals surface area contributed by atoms with Gasteiger partial charge in [0.2, 0.25) is 5.91 Å². The van der Waals surface area contributed by atoms with Crippen molar-refractivity contribution in [3.05, 3.63) is 0 Å². The predicted molar refractivity (Wildman–Crippen MR) is 79.5 cm³/mol. The monoisotopic (exact) mass is 345 g/mol. The number of hydrogen-bond donors (Lipinski definition) is 2. The molecule has 0 heterocycles. The zero-order valence-electron chi connectivity index (χ0n) is 14.1. The second-order valence-corrected chi connectivity index (χ2v) is 5.74. The zero-order valence-corrected chi connectivity index (χ0v) is 14.1. The minimum absolute atomic E-state index is 0.0912. The summed E-state index contributed by atoms with van der Waals surface area (Å²) in [6.07, 6.45) is -3.04. The minimum atomic E-state index is -1.10. The van der Waals surface area contributed by atoms with Crippen LogP contribution in [0, 0.1) is 5.92 Å². The van der Waals surface area contributed by atoms with E-state index in [9.17, 15) is 24.3 Å². The molecule has 5 atom stereocenters. The van der Waals surface area contributed by atoms with E-state index < -0.39 is 54.1 Å². The molecule has 2 N–H and O–H groups in total. The molecule has 9 nitrogen and oxygen atoms in total. The van der Waals surface area contributed by atoms with Crippen LogP contribution in [0.5, 0.6) is 0 Å². The van der Waals surface area contributed by atoms with E-state index in [4.69, 9.17) is 14.2 Å². The Morgan fingerprint density at radius 2 is 1.50 bits per heavy atom. The van der Waals surface area contributed by atoms with Crippen LogP contribution in [0.25, 0.3) is 0 Å². The van der Waals surface area contributed by atoms with Gasteiger partial charge in [-0.05, 0) is 6.42 Å². The summed E-state index contributed by atoms with van der Waals surface area (Å²) >= 11 is 0. The maximum absolute atomic E-state index is 11.4. The van der Waals surface area contributed by atoms with Crippen molar-refractivity contribution in [2.75, 3.05) is 6.61 Å². The number of carbonyl (C=O) groups excluding carboxylic acids is 4. The lowest BCUT2D eigenvalue weighted by atomic mass is 9.79. The average Bonchev–Trinajstić information content (AvgIpc) is 2.42. The summed E-state index contributed by atoms with van der Waals surface area (Å²) < 4.78 is 15.4. The van der Waals surface area contributed by atoms with Gasteiger partial charge in [-0.15, -0.1) is 0 Å². The molecule has 0 aromatic carbocycles. The predicted octanol–water partition coefficient (Wildman–Crippen LogP) is -0.702. The van der Waals surface area contributed by atoms with E-state index in [1.54, 1.807) is 0 Å². The van der Waals surface area contributed by atoms with E-state index >= 15 is 0 Å². The van der Waals surface area contributed by atoms with Gasteiger partial charge in [0, 0.05) is 33.6 Å². The van der Waals surface area contributed by atoms with Crippen LogP contribution in [0.3, 0.4) is 0 Å². The summed E-state index contributed by atoms with van der Waals surface area (Å²) in [6, 6.07) is -0.940. The van der Waals surface area contributed by atoms with Crippen LogP contribution in [0.2, 0.25) is 0 Å². The largest absolute Gasteiger partial charge is 0.465 e. The van der Waals surface area contributed by atoms with Gasteiger partial charge in [0.1, 0.15) is 6.10 Å². The smallest absolute Gasteiger partial charge is 0.303 e. The van der Waals surface area contributed by atoms with Crippen molar-refractivity contribution in [3.63, 3.8) is 0 Å². The van der Waals surface area contributed by atoms with Gasteiger partial charge < -0.3 is 24.6 Å². The summed E-state index contributed by atoms with van der Waals surface area (Å²) in [6.45, 7) is 4.71. The van der Waals surface area contributed by atoms with Crippen LogP contribution in [-0.2, 0) is 33.4 Å². The molecule has 24 heavy (non-hydrogen) atoms. The molecule has 9 heteroatoms. The molecule has 0 aliphatic heterocycles. The third-order valence-electron chi connectivity index (χ3n) is 3.58. The Kier molecular flexibility index (Phi) is 7.15. The highest BCUT2D eigenvalue weighted by Gasteiger charge is 2.49. The van der Waals surface area contributed by atoms with Crippen molar-refractivity contribution in [1.82, 2.24) is 5.32 Å². The van der Waals surface area contributed by atoms with E-state index in [1.165, 1.54) is 20.8 Å². The first kappa shape index (κ1) is 19.9. The van der Waals surface area contributed by atoms with Gasteiger partial charge in [-0.2, -0.15) is 0 Å². The van der Waals surface area contributed by atoms with Gasteiger partial charge in [-0.3, -0.25) is 19.2 Å². The summed E-state index contributed by atoms with van der Waals surface area (Å²) in [5, 5.41) is 12.8. The molecule has 1 fully saturated rings. The lowest BCUT2D eigenvalue weighted by Crippen LogP contribution is -2.63. The molecule has 136 valence electrons. The summed E-state index contributed by atoms with van der Waals surface area (Å²) in [5.41, 5.74) is 0. The van der Waals surface area contributed by atoms with Crippen LogP contribution in [0.1, 0.15) is 34.1 Å². The molecule has 0 aromatic heterocycles. The highest BCUT2D eigenvalue weighted by molar-refractivity contribution is 5.73. The summed E-state index contributed by atoms with van der Waals surface area (Å²) in [7, 11) is 0. The molecule has 1 aliphatic rings. The fourth-order valence-electron chi connectivity index (χ4n) is 2.77. The fraction of sp³-hybridized carbons (Fsp3) is 0.733. The molecule has 0 bridgehead atoms. The number of carbonyl (C=O) groups is 4. The molecule has 1 rings (SSSR count). The zero-order chi connectivity index (χ0) is 18.4. The number of aliphatic hydroxyl groups excluding tert-OH is 1. The molecular weight excluding hydrogens is 322 g/mol. The van der Waals surface area contributed by atoms with Crippen LogP contribution >= 0.6 is 0 Å². The lowest BCUT2D eigenvalue weighted by molar-refractivity contribution is -0.190. The molecule has 0 spiro atoms. The fourth-order valence-corrected chi connectivity index (χ4v) is 2.77. The maximum Gasteiger partial charge on any atom is 0.303 e. The molecular formula is C15H23NO8. The lowest BCUT2D eigenvalue weighted by Gasteiger charge is -2.43. The first-order valence-corrected chi connectivity index (χ1v) is 7.54. The van der Waals surface area contributed by atoms with Crippen molar-refractivity contribution in [2.45, 2.75) is 58.5 Å². The standard InChI is InChI=1S/C15H23NO8/c1-7(17)16-13-12(21)5-11(6-22-8(2)18)14(23-9(3)19)15(13)24-10(4)20/h11-15,21H,5-6H2,1-4H3,(H,16,17). The minimum Gasteiger partial charge on any atom is -0.465 e. The molecule has 1 saturated carbocycles. The van der Waals surface area contributed by atoms with Crippen LogP contribution in [0.15, 0.2) is 0 Å². The van der Waals surface area contributed by atoms with Gasteiger partial charge in [0.25, 0.3) is 0 Å². The van der Waals surface area contributed by atoms with Crippen molar-refractivity contribution < 1.29 is 38.5 Å². The molecule has 0 aromatic rings. The van der Waals surface area contributed by atoms with Crippen molar-refractivity contribution >= 4 is 23.8 Å². The molecule has 0 radical (unpaired) electrons. The number of aliphatic hydroxyl groups is 1. The second-order valence-electron chi connectivity index (χ2n) is 5.74. The normalized spacial score (nSPS) is 29.3. The summed E-state index contributed by atoms with van der Waals surface area (Å²) in [5.74, 6) is -2.83. The first-order chi connectivity index (χ1) is 11.1. The number of rotatable bonds is 5. The van der Waals surface area contributed by atoms with Crippen LogP contribution in [-0.4, -0.2) is 59.9 Å². The topological polar surface area (TPSA) is 128 Å². The van der Waals surface area contributed by atoms with Crippen molar-refractivity contribution in [2.24, 2.45) is 5.92 Å². The third-order valence-corrected chi connectivity index (χ3v) is 3.58. The van der Waals surface area contributed by atoms with E-state index in [0.29, 0.717) is 0 Å². The Morgan fingerprint density at radius 3 is 1.96 bits per heavy atom. The quantitative estimate of drug-likeness (QED) is 0.494. The maximum atomic E-state index is 11.4. The van der Waals surface area contributed by atoms with E-state index in [0.717, 1.165) is 6.92 Å². The van der Waals surface area contributed by atoms with Crippen LogP contribution < -0.4 is 5.32 Å². The van der Waals surface area contributed by atoms with Gasteiger partial charge in [-0.1, -0.05) is 0 Å². The Hall–Kier alpha value is -2.16. The molecule has 5 unspecified atom stereocenters. The Bertz CT molecular complexity index is 506. The molecule has 1 aliphatic carbocycles. The third kappa shape index (κ3) is 5.80. The second kappa shape index (κ2) is 8.62. The van der Waals surface area contributed by atoms with Gasteiger partial charge >= 0.3 is 17.9 Å². The number of esters is 3. The SMILES string of the molecule is CC(=O)NC1C(O)CC(COC(C)=O)C(OC(C)=O)C1OC(C)=O.